The average molecular weight is 409 g/mol. The Bertz CT molecular complexity index is 1310. The molecule has 0 saturated heterocycles. The van der Waals surface area contributed by atoms with Crippen molar-refractivity contribution in [2.45, 2.75) is 52.4 Å². The minimum atomic E-state index is -0.464. The predicted octanol–water partition coefficient (Wildman–Crippen LogP) is 1.74. The van der Waals surface area contributed by atoms with Crippen molar-refractivity contribution in [2.75, 3.05) is 0 Å². The molecule has 0 aliphatic carbocycles. The Labute approximate surface area is 174 Å². The highest BCUT2D eigenvalue weighted by Gasteiger charge is 2.19. The number of phenols is 1. The van der Waals surface area contributed by atoms with E-state index >= 15 is 0 Å². The highest BCUT2D eigenvalue weighted by molar-refractivity contribution is 5.57. The van der Waals surface area contributed by atoms with E-state index < -0.39 is 11.1 Å². The Morgan fingerprint density at radius 3 is 2.07 bits per heavy atom. The Kier molecular flexibility index (Phi) is 5.33. The summed E-state index contributed by atoms with van der Waals surface area (Å²) in [6, 6.07) is 5.24. The van der Waals surface area contributed by atoms with Crippen LogP contribution in [0, 0.1) is 0 Å². The summed E-state index contributed by atoms with van der Waals surface area (Å²) in [5, 5.41) is 10.4. The van der Waals surface area contributed by atoms with Gasteiger partial charge in [-0.05, 0) is 35.3 Å². The van der Waals surface area contributed by atoms with E-state index in [2.05, 4.69) is 40.7 Å². The summed E-state index contributed by atoms with van der Waals surface area (Å²) >= 11 is 0. The lowest BCUT2D eigenvalue weighted by atomic mass is 9.86. The van der Waals surface area contributed by atoms with Gasteiger partial charge in [-0.3, -0.25) is 9.59 Å². The number of aromatic amines is 3. The van der Waals surface area contributed by atoms with Gasteiger partial charge in [-0.15, -0.1) is 0 Å². The summed E-state index contributed by atoms with van der Waals surface area (Å²) < 4.78 is 0. The van der Waals surface area contributed by atoms with Gasteiger partial charge in [0, 0.05) is 16.7 Å². The molecular formula is C23H28N4O3. The first-order valence-corrected chi connectivity index (χ1v) is 9.80. The van der Waals surface area contributed by atoms with E-state index in [9.17, 15) is 14.7 Å². The Hall–Kier alpha value is -3.35. The summed E-state index contributed by atoms with van der Waals surface area (Å²) in [7, 11) is 0. The molecule has 7 nitrogen and oxygen atoms in total. The number of hydrogen-bond donors (Lipinski definition) is 4. The molecule has 0 spiro atoms. The van der Waals surface area contributed by atoms with Crippen LogP contribution < -0.4 is 21.8 Å². The maximum Gasteiger partial charge on any atom is 0.272 e. The van der Waals surface area contributed by atoms with Gasteiger partial charge in [-0.25, -0.2) is 4.98 Å². The van der Waals surface area contributed by atoms with E-state index in [1.165, 1.54) is 6.08 Å². The molecule has 0 radical (unpaired) electrons. The fraction of sp³-hybridized carbons (Fsp3) is 0.348. The molecule has 0 atom stereocenters. The maximum absolute atomic E-state index is 12.6. The third-order valence-corrected chi connectivity index (χ3v) is 4.88. The molecule has 7 heteroatoms. The number of nitrogens with one attached hydrogen (secondary N) is 3. The van der Waals surface area contributed by atoms with Gasteiger partial charge >= 0.3 is 0 Å². The van der Waals surface area contributed by atoms with Crippen LogP contribution in [-0.2, 0) is 10.8 Å². The second-order valence-electron chi connectivity index (χ2n) is 9.46. The molecule has 4 N–H and O–H groups in total. The van der Waals surface area contributed by atoms with Gasteiger partial charge < -0.3 is 20.1 Å². The maximum atomic E-state index is 12.6. The molecular weight excluding hydrogens is 380 g/mol. The third kappa shape index (κ3) is 4.45. The van der Waals surface area contributed by atoms with Crippen molar-refractivity contribution in [3.05, 3.63) is 78.4 Å². The zero-order valence-corrected chi connectivity index (χ0v) is 18.2. The van der Waals surface area contributed by atoms with Crippen LogP contribution in [0.3, 0.4) is 0 Å². The quantitative estimate of drug-likeness (QED) is 0.517. The summed E-state index contributed by atoms with van der Waals surface area (Å²) in [6.45, 7) is 12.3. The van der Waals surface area contributed by atoms with Gasteiger partial charge in [-0.2, -0.15) is 0 Å². The lowest BCUT2D eigenvalue weighted by Crippen LogP contribution is -2.46. The van der Waals surface area contributed by atoms with Gasteiger partial charge in [-0.1, -0.05) is 47.6 Å². The van der Waals surface area contributed by atoms with Crippen LogP contribution >= 0.6 is 0 Å². The minimum Gasteiger partial charge on any atom is -0.507 e. The van der Waals surface area contributed by atoms with Crippen LogP contribution in [0.2, 0.25) is 0 Å². The number of aromatic hydroxyl groups is 1. The van der Waals surface area contributed by atoms with Crippen molar-refractivity contribution in [2.24, 2.45) is 0 Å². The number of rotatable bonds is 2. The SMILES string of the molecule is CC(C)(C)c1ccc(O)c(/C=c2\[nH]c(=O)/c(=C\c3nc[nH]c3C(C)(C)C)[nH]c2=O)c1. The number of imidazole rings is 1. The van der Waals surface area contributed by atoms with E-state index in [0.717, 1.165) is 11.3 Å². The standard InChI is InChI=1S/C23H28N4O3/c1-22(2,3)14-7-8-18(28)13(9-14)10-16-20(29)27-17(21(30)26-16)11-15-19(23(4,5)6)25-12-24-15/h7-12,28H,1-6H3,(H,24,25)(H,26,30)(H,27,29)/b16-10-,17-11+. The highest BCUT2D eigenvalue weighted by Crippen LogP contribution is 2.27. The van der Waals surface area contributed by atoms with Crippen molar-refractivity contribution in [1.82, 2.24) is 19.9 Å². The number of nitrogens with zero attached hydrogens (tertiary/aromatic N) is 1. The summed E-state index contributed by atoms with van der Waals surface area (Å²) in [6.07, 6.45) is 4.59. The van der Waals surface area contributed by atoms with Gasteiger partial charge in [0.15, 0.2) is 0 Å². The molecule has 158 valence electrons. The van der Waals surface area contributed by atoms with E-state index in [-0.39, 0.29) is 27.3 Å². The van der Waals surface area contributed by atoms with Crippen molar-refractivity contribution >= 4 is 12.2 Å². The predicted molar refractivity (Wildman–Crippen MR) is 118 cm³/mol. The van der Waals surface area contributed by atoms with Gasteiger partial charge in [0.1, 0.15) is 16.4 Å². The topological polar surface area (TPSA) is 115 Å². The van der Waals surface area contributed by atoms with E-state index in [4.69, 9.17) is 0 Å². The average Bonchev–Trinajstić information content (AvgIpc) is 3.08. The van der Waals surface area contributed by atoms with Crippen molar-refractivity contribution in [1.29, 1.82) is 0 Å². The summed E-state index contributed by atoms with van der Waals surface area (Å²) in [5.74, 6) is 0.0326. The zero-order chi connectivity index (χ0) is 22.3. The first-order valence-electron chi connectivity index (χ1n) is 9.80. The molecule has 3 aromatic rings. The molecule has 0 aliphatic rings. The van der Waals surface area contributed by atoms with Crippen LogP contribution in [0.5, 0.6) is 5.75 Å². The normalized spacial score (nSPS) is 13.8. The molecule has 0 aliphatic heterocycles. The number of hydrogen-bond acceptors (Lipinski definition) is 4. The smallest absolute Gasteiger partial charge is 0.272 e. The molecule has 3 rings (SSSR count). The van der Waals surface area contributed by atoms with Crippen LogP contribution in [0.25, 0.3) is 12.2 Å². The highest BCUT2D eigenvalue weighted by atomic mass is 16.3. The fourth-order valence-corrected chi connectivity index (χ4v) is 3.14. The first-order chi connectivity index (χ1) is 13.9. The Balaban J connectivity index is 2.15. The molecule has 1 aromatic carbocycles. The molecule has 0 fully saturated rings. The van der Waals surface area contributed by atoms with E-state index in [0.29, 0.717) is 11.3 Å². The zero-order valence-electron chi connectivity index (χ0n) is 18.2. The summed E-state index contributed by atoms with van der Waals surface area (Å²) in [4.78, 5) is 37.8. The molecule has 0 unspecified atom stereocenters. The van der Waals surface area contributed by atoms with Crippen molar-refractivity contribution in [3.8, 4) is 5.75 Å². The van der Waals surface area contributed by atoms with Crippen LogP contribution in [0.4, 0.5) is 0 Å². The number of benzene rings is 1. The largest absolute Gasteiger partial charge is 0.507 e. The van der Waals surface area contributed by atoms with E-state index in [1.54, 1.807) is 18.5 Å². The number of phenolic OH excluding ortho intramolecular Hbond substituents is 1. The second-order valence-corrected chi connectivity index (χ2v) is 9.46. The second kappa shape index (κ2) is 7.48. The number of aromatic nitrogens is 4. The fourth-order valence-electron chi connectivity index (χ4n) is 3.14. The monoisotopic (exact) mass is 408 g/mol. The third-order valence-electron chi connectivity index (χ3n) is 4.88. The first kappa shape index (κ1) is 21.4. The number of H-pyrrole nitrogens is 3. The Morgan fingerprint density at radius 1 is 0.900 bits per heavy atom. The minimum absolute atomic E-state index is 0.0326. The molecule has 0 amide bonds. The van der Waals surface area contributed by atoms with E-state index in [1.807, 2.05) is 32.9 Å². The van der Waals surface area contributed by atoms with Crippen LogP contribution in [0.1, 0.15) is 64.1 Å². The van der Waals surface area contributed by atoms with Gasteiger partial charge in [0.05, 0.1) is 12.0 Å². The van der Waals surface area contributed by atoms with Crippen LogP contribution in [0.15, 0.2) is 34.1 Å². The lowest BCUT2D eigenvalue weighted by Gasteiger charge is -2.19. The van der Waals surface area contributed by atoms with Gasteiger partial charge in [0.25, 0.3) is 11.1 Å². The van der Waals surface area contributed by atoms with Crippen molar-refractivity contribution < 1.29 is 5.11 Å². The molecule has 2 aromatic heterocycles. The summed E-state index contributed by atoms with van der Waals surface area (Å²) in [5.41, 5.74) is 1.69. The van der Waals surface area contributed by atoms with Crippen molar-refractivity contribution in [3.63, 3.8) is 0 Å². The molecule has 30 heavy (non-hydrogen) atoms. The molecule has 0 saturated carbocycles. The van der Waals surface area contributed by atoms with Crippen LogP contribution in [-0.4, -0.2) is 25.0 Å². The molecule has 2 heterocycles. The van der Waals surface area contributed by atoms with Gasteiger partial charge in [0.2, 0.25) is 0 Å². The lowest BCUT2D eigenvalue weighted by molar-refractivity contribution is 0.472. The molecule has 0 bridgehead atoms. The Morgan fingerprint density at radius 2 is 1.50 bits per heavy atom.